The van der Waals surface area contributed by atoms with Gasteiger partial charge < -0.3 is 10.2 Å². The number of hydrogen-bond donors (Lipinski definition) is 1. The highest BCUT2D eigenvalue weighted by molar-refractivity contribution is 5.52. The van der Waals surface area contributed by atoms with Crippen LogP contribution in [-0.2, 0) is 0 Å². The van der Waals surface area contributed by atoms with Gasteiger partial charge in [-0.25, -0.2) is 13.5 Å². The van der Waals surface area contributed by atoms with Crippen LogP contribution in [0.15, 0.2) is 18.3 Å². The minimum absolute atomic E-state index is 0.000354. The molecule has 0 bridgehead atoms. The molecule has 154 valence electrons. The predicted octanol–water partition coefficient (Wildman–Crippen LogP) is 4.59. The van der Waals surface area contributed by atoms with E-state index < -0.39 is 5.92 Å². The van der Waals surface area contributed by atoms with Crippen LogP contribution in [0.4, 0.5) is 20.4 Å². The van der Waals surface area contributed by atoms with Gasteiger partial charge in [0.1, 0.15) is 11.6 Å². The molecule has 0 saturated heterocycles. The number of anilines is 2. The van der Waals surface area contributed by atoms with Gasteiger partial charge in [0.05, 0.1) is 5.69 Å². The Kier molecular flexibility index (Phi) is 6.46. The summed E-state index contributed by atoms with van der Waals surface area (Å²) in [5, 5.41) is 7.79. The molecule has 2 aromatic heterocycles. The summed E-state index contributed by atoms with van der Waals surface area (Å²) in [6, 6.07) is 3.83. The second-order valence-corrected chi connectivity index (χ2v) is 7.57. The first-order valence-electron chi connectivity index (χ1n) is 10.2. The number of hydrogen-bond acceptors (Lipinski definition) is 5. The van der Waals surface area contributed by atoms with Gasteiger partial charge in [-0.05, 0) is 38.7 Å². The first-order valence-corrected chi connectivity index (χ1v) is 10.2. The van der Waals surface area contributed by atoms with Gasteiger partial charge in [0.25, 0.3) is 5.95 Å². The monoisotopic (exact) mass is 392 g/mol. The Hall–Kier alpha value is -2.25. The molecule has 0 aromatic carbocycles. The van der Waals surface area contributed by atoms with E-state index in [1.165, 1.54) is 0 Å². The van der Waals surface area contributed by atoms with Crippen molar-refractivity contribution in [2.45, 2.75) is 71.3 Å². The lowest BCUT2D eigenvalue weighted by Gasteiger charge is -2.29. The molecule has 0 unspecified atom stereocenters. The Morgan fingerprint density at radius 3 is 2.43 bits per heavy atom. The van der Waals surface area contributed by atoms with Crippen LogP contribution in [0.3, 0.4) is 0 Å². The number of nitrogens with zero attached hydrogens (tertiary/aromatic N) is 5. The van der Waals surface area contributed by atoms with Gasteiger partial charge >= 0.3 is 0 Å². The van der Waals surface area contributed by atoms with Crippen LogP contribution >= 0.6 is 0 Å². The number of aromatic nitrogens is 4. The third-order valence-electron chi connectivity index (χ3n) is 5.01. The third-order valence-corrected chi connectivity index (χ3v) is 5.01. The topological polar surface area (TPSA) is 58.9 Å². The summed E-state index contributed by atoms with van der Waals surface area (Å²) in [6.45, 7) is 8.00. The molecule has 6 nitrogen and oxygen atoms in total. The largest absolute Gasteiger partial charge is 0.367 e. The lowest BCUT2D eigenvalue weighted by Crippen LogP contribution is -2.32. The number of halogens is 2. The number of alkyl halides is 2. The van der Waals surface area contributed by atoms with E-state index in [0.29, 0.717) is 24.6 Å². The third kappa shape index (κ3) is 5.17. The molecule has 1 saturated carbocycles. The average Bonchev–Trinajstić information content (AvgIpc) is 3.10. The molecule has 1 aliphatic rings. The minimum Gasteiger partial charge on any atom is -0.367 e. The highest BCUT2D eigenvalue weighted by atomic mass is 19.3. The quantitative estimate of drug-likeness (QED) is 0.712. The zero-order chi connectivity index (χ0) is 20.1. The van der Waals surface area contributed by atoms with Crippen LogP contribution < -0.4 is 10.2 Å². The van der Waals surface area contributed by atoms with E-state index >= 15 is 0 Å². The van der Waals surface area contributed by atoms with Gasteiger partial charge in [0.2, 0.25) is 5.92 Å². The molecule has 8 heteroatoms. The smallest absolute Gasteiger partial charge is 0.254 e. The maximum atomic E-state index is 13.5. The molecule has 0 spiro atoms. The zero-order valence-corrected chi connectivity index (χ0v) is 17.0. The first kappa shape index (κ1) is 20.5. The SMILES string of the molecule is CCCN(CCC)c1cc(NC2CCC(F)(F)CC2)nc(-n2ccc(C)n2)n1. The number of nitrogens with one attached hydrogen (secondary N) is 1. The van der Waals surface area contributed by atoms with E-state index in [9.17, 15) is 8.78 Å². The molecule has 0 atom stereocenters. The minimum atomic E-state index is -2.54. The van der Waals surface area contributed by atoms with E-state index in [1.807, 2.05) is 25.3 Å². The molecular formula is C20H30F2N6. The fraction of sp³-hybridized carbons (Fsp3) is 0.650. The highest BCUT2D eigenvalue weighted by Crippen LogP contribution is 2.34. The fourth-order valence-corrected chi connectivity index (χ4v) is 3.56. The maximum Gasteiger partial charge on any atom is 0.254 e. The summed E-state index contributed by atoms with van der Waals surface area (Å²) >= 11 is 0. The highest BCUT2D eigenvalue weighted by Gasteiger charge is 2.35. The van der Waals surface area contributed by atoms with E-state index in [-0.39, 0.29) is 18.9 Å². The van der Waals surface area contributed by atoms with Crippen molar-refractivity contribution in [3.63, 3.8) is 0 Å². The van der Waals surface area contributed by atoms with Gasteiger partial charge in [0.15, 0.2) is 0 Å². The van der Waals surface area contributed by atoms with Crippen molar-refractivity contribution in [2.75, 3.05) is 23.3 Å². The lowest BCUT2D eigenvalue weighted by atomic mass is 9.92. The molecule has 28 heavy (non-hydrogen) atoms. The summed E-state index contributed by atoms with van der Waals surface area (Å²) < 4.78 is 28.6. The fourth-order valence-electron chi connectivity index (χ4n) is 3.56. The molecule has 0 radical (unpaired) electrons. The van der Waals surface area contributed by atoms with Crippen LogP contribution in [0, 0.1) is 6.92 Å². The van der Waals surface area contributed by atoms with Crippen molar-refractivity contribution in [3.8, 4) is 5.95 Å². The molecule has 1 fully saturated rings. The number of aryl methyl sites for hydroxylation is 1. The normalized spacial score (nSPS) is 16.9. The van der Waals surface area contributed by atoms with Crippen LogP contribution in [0.25, 0.3) is 5.95 Å². The van der Waals surface area contributed by atoms with Crippen molar-refractivity contribution in [2.24, 2.45) is 0 Å². The van der Waals surface area contributed by atoms with Gasteiger partial charge in [-0.2, -0.15) is 15.1 Å². The van der Waals surface area contributed by atoms with E-state index in [2.05, 4.69) is 34.1 Å². The van der Waals surface area contributed by atoms with Crippen molar-refractivity contribution in [3.05, 3.63) is 24.0 Å². The predicted molar refractivity (Wildman–Crippen MR) is 108 cm³/mol. The molecular weight excluding hydrogens is 362 g/mol. The molecule has 2 aromatic rings. The van der Waals surface area contributed by atoms with E-state index in [0.717, 1.165) is 37.4 Å². The summed E-state index contributed by atoms with van der Waals surface area (Å²) in [4.78, 5) is 11.6. The summed E-state index contributed by atoms with van der Waals surface area (Å²) in [7, 11) is 0. The Balaban J connectivity index is 1.88. The average molecular weight is 392 g/mol. The Bertz CT molecular complexity index is 760. The van der Waals surface area contributed by atoms with E-state index in [4.69, 9.17) is 4.98 Å². The van der Waals surface area contributed by atoms with Crippen LogP contribution in [0.5, 0.6) is 0 Å². The van der Waals surface area contributed by atoms with Gasteiger partial charge in [0, 0.05) is 44.2 Å². The van der Waals surface area contributed by atoms with Gasteiger partial charge in [-0.3, -0.25) is 0 Å². The molecule has 3 rings (SSSR count). The second-order valence-electron chi connectivity index (χ2n) is 7.57. The Morgan fingerprint density at radius 2 is 1.86 bits per heavy atom. The zero-order valence-electron chi connectivity index (χ0n) is 17.0. The molecule has 0 amide bonds. The number of rotatable bonds is 8. The Labute approximate surface area is 165 Å². The van der Waals surface area contributed by atoms with Gasteiger partial charge in [-0.1, -0.05) is 13.8 Å². The van der Waals surface area contributed by atoms with Crippen molar-refractivity contribution >= 4 is 11.6 Å². The molecule has 2 heterocycles. The van der Waals surface area contributed by atoms with Crippen molar-refractivity contribution < 1.29 is 8.78 Å². The van der Waals surface area contributed by atoms with Crippen LogP contribution in [-0.4, -0.2) is 44.8 Å². The molecule has 1 aliphatic carbocycles. The van der Waals surface area contributed by atoms with Crippen molar-refractivity contribution in [1.29, 1.82) is 0 Å². The first-order chi connectivity index (χ1) is 13.4. The maximum absolute atomic E-state index is 13.5. The summed E-state index contributed by atoms with van der Waals surface area (Å²) in [5.41, 5.74) is 0.886. The van der Waals surface area contributed by atoms with Crippen molar-refractivity contribution in [1.82, 2.24) is 19.7 Å². The van der Waals surface area contributed by atoms with Crippen LogP contribution in [0.1, 0.15) is 58.1 Å². The Morgan fingerprint density at radius 1 is 1.18 bits per heavy atom. The van der Waals surface area contributed by atoms with Gasteiger partial charge in [-0.15, -0.1) is 0 Å². The summed E-state index contributed by atoms with van der Waals surface area (Å²) in [5.74, 6) is -0.538. The standard InChI is InChI=1S/C20H30F2N6/c1-4-11-27(12-5-2)18-14-17(23-16-6-9-20(21,22)10-7-16)24-19(25-18)28-13-8-15(3)26-28/h8,13-14,16H,4-7,9-12H2,1-3H3,(H,23,24,25). The second kappa shape index (κ2) is 8.84. The van der Waals surface area contributed by atoms with E-state index in [1.54, 1.807) is 4.68 Å². The molecule has 0 aliphatic heterocycles. The molecule has 1 N–H and O–H groups in total. The summed E-state index contributed by atoms with van der Waals surface area (Å²) in [6.07, 6.45) is 4.59. The lowest BCUT2D eigenvalue weighted by molar-refractivity contribution is -0.0361. The van der Waals surface area contributed by atoms with Crippen LogP contribution in [0.2, 0.25) is 0 Å².